The minimum atomic E-state index is 0.730. The Morgan fingerprint density at radius 3 is 2.33 bits per heavy atom. The fourth-order valence-corrected chi connectivity index (χ4v) is 2.52. The van der Waals surface area contributed by atoms with E-state index in [9.17, 15) is 0 Å². The van der Waals surface area contributed by atoms with Crippen LogP contribution in [0.4, 0.5) is 0 Å². The zero-order valence-corrected chi connectivity index (χ0v) is 11.8. The van der Waals surface area contributed by atoms with Crippen LogP contribution in [0.25, 0.3) is 0 Å². The van der Waals surface area contributed by atoms with Crippen molar-refractivity contribution >= 4 is 11.8 Å². The first-order valence-electron chi connectivity index (χ1n) is 6.53. The standard InChI is InChI=1S/C13H29NS/c1-5-14-13(12(3)4)10-8-7-9-11-15-6-2/h12-14H,5-11H2,1-4H3. The second-order valence-electron chi connectivity index (χ2n) is 4.45. The van der Waals surface area contributed by atoms with Crippen molar-refractivity contribution in [3.8, 4) is 0 Å². The van der Waals surface area contributed by atoms with Gasteiger partial charge in [-0.15, -0.1) is 0 Å². The maximum atomic E-state index is 3.58. The third kappa shape index (κ3) is 9.25. The molecule has 1 atom stereocenters. The summed E-state index contributed by atoms with van der Waals surface area (Å²) in [5, 5.41) is 3.58. The van der Waals surface area contributed by atoms with E-state index in [0.717, 1.165) is 18.5 Å². The molecule has 0 fully saturated rings. The molecular formula is C13H29NS. The Morgan fingerprint density at radius 1 is 1.07 bits per heavy atom. The van der Waals surface area contributed by atoms with Gasteiger partial charge in [-0.05, 0) is 36.8 Å². The Balaban J connectivity index is 3.37. The Morgan fingerprint density at radius 2 is 1.80 bits per heavy atom. The Hall–Kier alpha value is 0.310. The summed E-state index contributed by atoms with van der Waals surface area (Å²) in [6.07, 6.45) is 5.54. The quantitative estimate of drug-likeness (QED) is 0.572. The van der Waals surface area contributed by atoms with E-state index in [2.05, 4.69) is 44.8 Å². The lowest BCUT2D eigenvalue weighted by atomic mass is 9.98. The second kappa shape index (κ2) is 10.8. The predicted octanol–water partition coefficient (Wildman–Crippen LogP) is 3.93. The first-order chi connectivity index (χ1) is 7.22. The van der Waals surface area contributed by atoms with Crippen molar-refractivity contribution in [2.45, 2.75) is 59.4 Å². The van der Waals surface area contributed by atoms with Crippen LogP contribution in [0.5, 0.6) is 0 Å². The van der Waals surface area contributed by atoms with Crippen molar-refractivity contribution in [2.24, 2.45) is 5.92 Å². The summed E-state index contributed by atoms with van der Waals surface area (Å²) in [5.74, 6) is 3.39. The van der Waals surface area contributed by atoms with Gasteiger partial charge in [-0.3, -0.25) is 0 Å². The number of hydrogen-bond donors (Lipinski definition) is 1. The highest BCUT2D eigenvalue weighted by Crippen LogP contribution is 2.12. The molecule has 2 heteroatoms. The number of unbranched alkanes of at least 4 members (excludes halogenated alkanes) is 2. The first kappa shape index (κ1) is 15.3. The van der Waals surface area contributed by atoms with Crippen molar-refractivity contribution in [2.75, 3.05) is 18.1 Å². The van der Waals surface area contributed by atoms with Crippen LogP contribution in [0.1, 0.15) is 53.4 Å². The number of hydrogen-bond acceptors (Lipinski definition) is 2. The molecule has 1 unspecified atom stereocenters. The molecule has 0 aliphatic heterocycles. The van der Waals surface area contributed by atoms with Crippen LogP contribution in [-0.4, -0.2) is 24.1 Å². The highest BCUT2D eigenvalue weighted by molar-refractivity contribution is 7.99. The molecule has 0 aliphatic rings. The van der Waals surface area contributed by atoms with Crippen molar-refractivity contribution < 1.29 is 0 Å². The third-order valence-corrected chi connectivity index (χ3v) is 3.76. The first-order valence-corrected chi connectivity index (χ1v) is 7.68. The van der Waals surface area contributed by atoms with Crippen molar-refractivity contribution in [1.29, 1.82) is 0 Å². The summed E-state index contributed by atoms with van der Waals surface area (Å²) in [7, 11) is 0. The van der Waals surface area contributed by atoms with Gasteiger partial charge in [-0.2, -0.15) is 11.8 Å². The van der Waals surface area contributed by atoms with Crippen LogP contribution in [0.3, 0.4) is 0 Å². The van der Waals surface area contributed by atoms with Gasteiger partial charge in [0.05, 0.1) is 0 Å². The lowest BCUT2D eigenvalue weighted by Gasteiger charge is -2.21. The molecule has 0 aromatic heterocycles. The van der Waals surface area contributed by atoms with Crippen LogP contribution in [-0.2, 0) is 0 Å². The van der Waals surface area contributed by atoms with E-state index in [1.165, 1.54) is 37.2 Å². The molecule has 0 aromatic carbocycles. The zero-order valence-electron chi connectivity index (χ0n) is 11.0. The molecule has 1 nitrogen and oxygen atoms in total. The Labute approximate surface area is 101 Å². The van der Waals surface area contributed by atoms with E-state index in [4.69, 9.17) is 0 Å². The molecule has 15 heavy (non-hydrogen) atoms. The fourth-order valence-electron chi connectivity index (χ4n) is 1.82. The normalized spacial score (nSPS) is 13.4. The van der Waals surface area contributed by atoms with Gasteiger partial charge in [0.15, 0.2) is 0 Å². The largest absolute Gasteiger partial charge is 0.314 e. The molecule has 0 spiro atoms. The average Bonchev–Trinajstić information content (AvgIpc) is 2.21. The summed E-state index contributed by atoms with van der Waals surface area (Å²) in [5.41, 5.74) is 0. The molecular weight excluding hydrogens is 202 g/mol. The van der Waals surface area contributed by atoms with Crippen LogP contribution < -0.4 is 5.32 Å². The lowest BCUT2D eigenvalue weighted by molar-refractivity contribution is 0.373. The predicted molar refractivity (Wildman–Crippen MR) is 73.8 cm³/mol. The number of thioether (sulfide) groups is 1. The van der Waals surface area contributed by atoms with Crippen molar-refractivity contribution in [1.82, 2.24) is 5.32 Å². The van der Waals surface area contributed by atoms with Gasteiger partial charge in [0.25, 0.3) is 0 Å². The highest BCUT2D eigenvalue weighted by atomic mass is 32.2. The third-order valence-electron chi connectivity index (χ3n) is 2.78. The van der Waals surface area contributed by atoms with E-state index in [1.807, 2.05) is 0 Å². The van der Waals surface area contributed by atoms with E-state index < -0.39 is 0 Å². The maximum absolute atomic E-state index is 3.58. The molecule has 0 amide bonds. The van der Waals surface area contributed by atoms with Crippen molar-refractivity contribution in [3.63, 3.8) is 0 Å². The summed E-state index contributed by atoms with van der Waals surface area (Å²) in [6.45, 7) is 10.2. The lowest BCUT2D eigenvalue weighted by Crippen LogP contribution is -2.33. The zero-order chi connectivity index (χ0) is 11.5. The summed E-state index contributed by atoms with van der Waals surface area (Å²) >= 11 is 2.07. The molecule has 0 heterocycles. The van der Waals surface area contributed by atoms with Gasteiger partial charge < -0.3 is 5.32 Å². The molecule has 0 saturated carbocycles. The van der Waals surface area contributed by atoms with E-state index in [0.29, 0.717) is 0 Å². The smallest absolute Gasteiger partial charge is 0.00899 e. The molecule has 0 saturated heterocycles. The van der Waals surface area contributed by atoms with Gasteiger partial charge in [0.1, 0.15) is 0 Å². The number of rotatable bonds is 10. The van der Waals surface area contributed by atoms with E-state index in [-0.39, 0.29) is 0 Å². The topological polar surface area (TPSA) is 12.0 Å². The summed E-state index contributed by atoms with van der Waals surface area (Å²) in [6, 6.07) is 0.730. The van der Waals surface area contributed by atoms with E-state index >= 15 is 0 Å². The maximum Gasteiger partial charge on any atom is 0.00899 e. The van der Waals surface area contributed by atoms with Gasteiger partial charge in [0.2, 0.25) is 0 Å². The molecule has 0 radical (unpaired) electrons. The summed E-state index contributed by atoms with van der Waals surface area (Å²) < 4.78 is 0. The van der Waals surface area contributed by atoms with Crippen LogP contribution >= 0.6 is 11.8 Å². The van der Waals surface area contributed by atoms with Gasteiger partial charge in [0, 0.05) is 6.04 Å². The van der Waals surface area contributed by atoms with Crippen LogP contribution in [0, 0.1) is 5.92 Å². The molecule has 92 valence electrons. The summed E-state index contributed by atoms with van der Waals surface area (Å²) in [4.78, 5) is 0. The Kier molecular flexibility index (Phi) is 11.0. The van der Waals surface area contributed by atoms with Gasteiger partial charge >= 0.3 is 0 Å². The molecule has 0 rings (SSSR count). The molecule has 1 N–H and O–H groups in total. The molecule has 0 aliphatic carbocycles. The highest BCUT2D eigenvalue weighted by Gasteiger charge is 2.10. The number of nitrogens with one attached hydrogen (secondary N) is 1. The minimum Gasteiger partial charge on any atom is -0.314 e. The average molecular weight is 231 g/mol. The van der Waals surface area contributed by atoms with E-state index in [1.54, 1.807) is 0 Å². The fraction of sp³-hybridized carbons (Fsp3) is 1.00. The SMILES string of the molecule is CCNC(CCCCCSCC)C(C)C. The van der Waals surface area contributed by atoms with Gasteiger partial charge in [-0.1, -0.05) is 40.5 Å². The van der Waals surface area contributed by atoms with Crippen molar-refractivity contribution in [3.05, 3.63) is 0 Å². The van der Waals surface area contributed by atoms with Crippen LogP contribution in [0.2, 0.25) is 0 Å². The Bertz CT molecular complexity index is 126. The van der Waals surface area contributed by atoms with Crippen LogP contribution in [0.15, 0.2) is 0 Å². The second-order valence-corrected chi connectivity index (χ2v) is 5.85. The van der Waals surface area contributed by atoms with Gasteiger partial charge in [-0.25, -0.2) is 0 Å². The minimum absolute atomic E-state index is 0.730. The molecule has 0 aromatic rings. The molecule has 0 bridgehead atoms. The monoisotopic (exact) mass is 231 g/mol.